The Morgan fingerprint density at radius 2 is 2.08 bits per heavy atom. The maximum absolute atomic E-state index is 13.8. The van der Waals surface area contributed by atoms with Crippen LogP contribution in [0, 0.1) is 12.3 Å². The molecule has 5 heterocycles. The van der Waals surface area contributed by atoms with E-state index in [4.69, 9.17) is 16.4 Å². The Kier molecular flexibility index (Phi) is 5.91. The molecule has 36 heavy (non-hydrogen) atoms. The van der Waals surface area contributed by atoms with Gasteiger partial charge in [0, 0.05) is 66.2 Å². The number of halogens is 1. The van der Waals surface area contributed by atoms with E-state index in [1.807, 2.05) is 24.5 Å². The molecule has 0 bridgehead atoms. The Morgan fingerprint density at radius 3 is 2.86 bits per heavy atom. The fourth-order valence-corrected chi connectivity index (χ4v) is 4.84. The lowest BCUT2D eigenvalue weighted by molar-refractivity contribution is 0.570. The number of fused-ring (bicyclic) bond motifs is 2. The second kappa shape index (κ2) is 9.51. The van der Waals surface area contributed by atoms with Crippen LogP contribution in [-0.4, -0.2) is 57.8 Å². The first-order valence-electron chi connectivity index (χ1n) is 12.2. The van der Waals surface area contributed by atoms with Gasteiger partial charge in [0.1, 0.15) is 18.1 Å². The smallest absolute Gasteiger partial charge is 0.163 e. The van der Waals surface area contributed by atoms with Gasteiger partial charge in [-0.15, -0.1) is 6.42 Å². The number of allylic oxidation sites excluding steroid dienone is 4. The van der Waals surface area contributed by atoms with Crippen LogP contribution in [0.2, 0.25) is 0 Å². The van der Waals surface area contributed by atoms with Crippen LogP contribution in [0.1, 0.15) is 30.0 Å². The van der Waals surface area contributed by atoms with E-state index < -0.39 is 6.67 Å². The van der Waals surface area contributed by atoms with Crippen LogP contribution in [0.15, 0.2) is 49.0 Å². The fraction of sp³-hybridized carbons (Fsp3) is 0.286. The number of H-pyrrole nitrogens is 1. The number of nitrogens with zero attached hydrogens (tertiary/aromatic N) is 5. The number of aromatic nitrogens is 5. The molecule has 0 unspecified atom stereocenters. The molecule has 0 radical (unpaired) electrons. The lowest BCUT2D eigenvalue weighted by atomic mass is 10.1. The van der Waals surface area contributed by atoms with E-state index in [0.717, 1.165) is 53.8 Å². The lowest BCUT2D eigenvalue weighted by Crippen LogP contribution is -2.44. The SMILES string of the molecule is C#C/C=C\C=C(/CF)c1cc2c(-c3nc(N4CCNCC4)c4c(C5CC5)cncc4n3)ccnc2[nH]1. The molecule has 0 atom stereocenters. The number of hydrogen-bond donors (Lipinski definition) is 2. The lowest BCUT2D eigenvalue weighted by Gasteiger charge is -2.30. The van der Waals surface area contributed by atoms with Gasteiger partial charge in [-0.2, -0.15) is 0 Å². The first-order chi connectivity index (χ1) is 17.8. The standard InChI is InChI=1S/C28H26FN7/c1-2-3-4-5-19(15-29)23-14-21-20(8-9-32-26(21)33-23)27-34-24-17-31-16-22(18-6-7-18)25(24)28(35-27)36-12-10-30-11-13-36/h1,3-5,8-9,14,16-18,30H,6-7,10-13,15H2,(H,32,33)/b4-3-,19-5+. The molecule has 2 fully saturated rings. The predicted octanol–water partition coefficient (Wildman–Crippen LogP) is 4.40. The van der Waals surface area contributed by atoms with Crippen LogP contribution in [0.5, 0.6) is 0 Å². The zero-order chi connectivity index (χ0) is 24.5. The summed E-state index contributed by atoms with van der Waals surface area (Å²) in [6.45, 7) is 2.96. The van der Waals surface area contributed by atoms with E-state index >= 15 is 0 Å². The third-order valence-corrected chi connectivity index (χ3v) is 6.80. The van der Waals surface area contributed by atoms with Gasteiger partial charge in [0.15, 0.2) is 5.82 Å². The number of anilines is 1. The van der Waals surface area contributed by atoms with E-state index in [0.29, 0.717) is 28.7 Å². The Bertz CT molecular complexity index is 1540. The molecular weight excluding hydrogens is 453 g/mol. The molecule has 1 aliphatic carbocycles. The van der Waals surface area contributed by atoms with Crippen molar-refractivity contribution < 1.29 is 4.39 Å². The van der Waals surface area contributed by atoms with Crippen LogP contribution in [0.25, 0.3) is 38.9 Å². The van der Waals surface area contributed by atoms with Crippen molar-refractivity contribution in [3.63, 3.8) is 0 Å². The van der Waals surface area contributed by atoms with Crippen LogP contribution < -0.4 is 10.2 Å². The number of hydrogen-bond acceptors (Lipinski definition) is 6. The molecular formula is C28H26FN7. The summed E-state index contributed by atoms with van der Waals surface area (Å²) in [5.41, 5.74) is 4.73. The van der Waals surface area contributed by atoms with Gasteiger partial charge < -0.3 is 15.2 Å². The van der Waals surface area contributed by atoms with Crippen molar-refractivity contribution in [2.24, 2.45) is 0 Å². The molecule has 7 nitrogen and oxygen atoms in total. The third-order valence-electron chi connectivity index (χ3n) is 6.80. The fourth-order valence-electron chi connectivity index (χ4n) is 4.84. The normalized spacial score (nSPS) is 16.8. The molecule has 180 valence electrons. The zero-order valence-corrected chi connectivity index (χ0v) is 19.8. The predicted molar refractivity (Wildman–Crippen MR) is 141 cm³/mol. The quantitative estimate of drug-likeness (QED) is 0.315. The van der Waals surface area contributed by atoms with E-state index in [1.54, 1.807) is 18.3 Å². The molecule has 4 aromatic heterocycles. The Balaban J connectivity index is 1.52. The second-order valence-corrected chi connectivity index (χ2v) is 9.16. The molecule has 2 aliphatic rings. The zero-order valence-electron chi connectivity index (χ0n) is 19.8. The highest BCUT2D eigenvalue weighted by molar-refractivity contribution is 5.98. The minimum absolute atomic E-state index is 0.490. The molecule has 2 N–H and O–H groups in total. The van der Waals surface area contributed by atoms with Crippen LogP contribution in [0.3, 0.4) is 0 Å². The summed E-state index contributed by atoms with van der Waals surface area (Å²) < 4.78 is 13.8. The van der Waals surface area contributed by atoms with Crippen molar-refractivity contribution in [2.75, 3.05) is 37.8 Å². The van der Waals surface area contributed by atoms with Crippen molar-refractivity contribution in [3.05, 3.63) is 60.2 Å². The second-order valence-electron chi connectivity index (χ2n) is 9.16. The van der Waals surface area contributed by atoms with E-state index in [1.165, 1.54) is 24.5 Å². The number of nitrogens with one attached hydrogen (secondary N) is 2. The number of aromatic amines is 1. The van der Waals surface area contributed by atoms with Crippen LogP contribution in [-0.2, 0) is 0 Å². The van der Waals surface area contributed by atoms with Gasteiger partial charge in [-0.1, -0.05) is 18.1 Å². The van der Waals surface area contributed by atoms with Gasteiger partial charge in [0.2, 0.25) is 0 Å². The van der Waals surface area contributed by atoms with Crippen molar-refractivity contribution in [1.82, 2.24) is 30.2 Å². The minimum Gasteiger partial charge on any atom is -0.353 e. The molecule has 6 rings (SSSR count). The average Bonchev–Trinajstić information content (AvgIpc) is 3.68. The van der Waals surface area contributed by atoms with Gasteiger partial charge in [-0.05, 0) is 42.5 Å². The van der Waals surface area contributed by atoms with Crippen LogP contribution >= 0.6 is 0 Å². The van der Waals surface area contributed by atoms with Gasteiger partial charge in [-0.3, -0.25) is 4.98 Å². The maximum Gasteiger partial charge on any atom is 0.163 e. The van der Waals surface area contributed by atoms with Crippen molar-refractivity contribution in [3.8, 4) is 23.7 Å². The molecule has 0 spiro atoms. The Morgan fingerprint density at radius 1 is 1.22 bits per heavy atom. The largest absolute Gasteiger partial charge is 0.353 e. The van der Waals surface area contributed by atoms with E-state index in [9.17, 15) is 4.39 Å². The summed E-state index contributed by atoms with van der Waals surface area (Å²) in [5, 5.41) is 5.38. The monoisotopic (exact) mass is 479 g/mol. The van der Waals surface area contributed by atoms with Crippen LogP contribution in [0.4, 0.5) is 10.2 Å². The Hall–Kier alpha value is -4.09. The first-order valence-corrected chi connectivity index (χ1v) is 12.2. The molecule has 0 amide bonds. The van der Waals surface area contributed by atoms with Crippen molar-refractivity contribution in [2.45, 2.75) is 18.8 Å². The number of piperazine rings is 1. The molecule has 8 heteroatoms. The summed E-state index contributed by atoms with van der Waals surface area (Å²) in [6.07, 6.45) is 18.0. The summed E-state index contributed by atoms with van der Waals surface area (Å²) in [4.78, 5) is 24.7. The summed E-state index contributed by atoms with van der Waals surface area (Å²) in [6, 6.07) is 3.82. The number of alkyl halides is 1. The van der Waals surface area contributed by atoms with Crippen molar-refractivity contribution >= 4 is 33.3 Å². The number of rotatable bonds is 6. The van der Waals surface area contributed by atoms with Crippen molar-refractivity contribution in [1.29, 1.82) is 0 Å². The molecule has 1 saturated heterocycles. The summed E-state index contributed by atoms with van der Waals surface area (Å²) in [7, 11) is 0. The van der Waals surface area contributed by atoms with E-state index in [-0.39, 0.29) is 0 Å². The Labute approximate surface area is 208 Å². The minimum atomic E-state index is -0.633. The molecule has 0 aromatic carbocycles. The topological polar surface area (TPSA) is 82.6 Å². The number of terminal acetylenes is 1. The highest BCUT2D eigenvalue weighted by Crippen LogP contribution is 2.45. The van der Waals surface area contributed by atoms with Gasteiger partial charge in [0.05, 0.1) is 11.7 Å². The number of pyridine rings is 2. The third kappa shape index (κ3) is 4.12. The molecule has 1 aliphatic heterocycles. The highest BCUT2D eigenvalue weighted by Gasteiger charge is 2.29. The maximum atomic E-state index is 13.8. The van der Waals surface area contributed by atoms with Gasteiger partial charge in [0.25, 0.3) is 0 Å². The summed E-state index contributed by atoms with van der Waals surface area (Å²) in [5.74, 6) is 4.53. The first kappa shape index (κ1) is 22.4. The van der Waals surface area contributed by atoms with Gasteiger partial charge in [-0.25, -0.2) is 19.3 Å². The molecule has 4 aromatic rings. The summed E-state index contributed by atoms with van der Waals surface area (Å²) >= 11 is 0. The molecule has 1 saturated carbocycles. The average molecular weight is 480 g/mol. The van der Waals surface area contributed by atoms with E-state index in [2.05, 4.69) is 31.1 Å². The van der Waals surface area contributed by atoms with Gasteiger partial charge >= 0.3 is 0 Å². The highest BCUT2D eigenvalue weighted by atomic mass is 19.1.